The van der Waals surface area contributed by atoms with Crippen LogP contribution in [0.25, 0.3) is 0 Å². The van der Waals surface area contributed by atoms with Gasteiger partial charge in [-0.3, -0.25) is 9.78 Å². The van der Waals surface area contributed by atoms with E-state index in [4.69, 9.17) is 11.6 Å². The summed E-state index contributed by atoms with van der Waals surface area (Å²) < 4.78 is 0.782. The Morgan fingerprint density at radius 2 is 2.10 bits per heavy atom. The van der Waals surface area contributed by atoms with Gasteiger partial charge in [-0.2, -0.15) is 0 Å². The predicted octanol–water partition coefficient (Wildman–Crippen LogP) is 4.10. The number of halogens is 2. The number of aromatic nitrogens is 1. The van der Waals surface area contributed by atoms with Crippen LogP contribution < -0.4 is 10.6 Å². The van der Waals surface area contributed by atoms with Gasteiger partial charge in [0.25, 0.3) is 5.91 Å². The molecule has 0 saturated heterocycles. The number of benzene rings is 1. The van der Waals surface area contributed by atoms with E-state index in [9.17, 15) is 4.79 Å². The van der Waals surface area contributed by atoms with Crippen molar-refractivity contribution in [3.63, 3.8) is 0 Å². The lowest BCUT2D eigenvalue weighted by molar-refractivity contribution is 0.102. The molecule has 2 rings (SSSR count). The normalized spacial score (nSPS) is 10.2. The number of nitrogens with zero attached hydrogens (tertiary/aromatic N) is 1. The van der Waals surface area contributed by atoms with E-state index >= 15 is 0 Å². The molecule has 2 aromatic rings. The second-order valence-corrected chi connectivity index (χ2v) is 5.47. The molecule has 0 spiro atoms. The van der Waals surface area contributed by atoms with Crippen molar-refractivity contribution >= 4 is 44.8 Å². The fourth-order valence-corrected chi connectivity index (χ4v) is 2.15. The van der Waals surface area contributed by atoms with E-state index in [0.29, 0.717) is 16.3 Å². The minimum absolute atomic E-state index is 0.236. The van der Waals surface area contributed by atoms with Gasteiger partial charge in [-0.05, 0) is 47.1 Å². The van der Waals surface area contributed by atoms with Crippen LogP contribution in [-0.4, -0.2) is 17.9 Å². The Hall–Kier alpha value is -1.59. The van der Waals surface area contributed by atoms with Crippen molar-refractivity contribution in [1.82, 2.24) is 4.98 Å². The summed E-state index contributed by atoms with van der Waals surface area (Å²) in [5.41, 5.74) is 2.69. The highest BCUT2D eigenvalue weighted by molar-refractivity contribution is 9.10. The monoisotopic (exact) mass is 353 g/mol. The number of aryl methyl sites for hydroxylation is 1. The highest BCUT2D eigenvalue weighted by atomic mass is 79.9. The van der Waals surface area contributed by atoms with Crippen LogP contribution in [0.15, 0.2) is 34.9 Å². The molecule has 4 nitrogen and oxygen atoms in total. The molecule has 2 N–H and O–H groups in total. The molecule has 0 bridgehead atoms. The molecule has 0 aliphatic rings. The first-order chi connectivity index (χ1) is 9.51. The summed E-state index contributed by atoms with van der Waals surface area (Å²) in [6.07, 6.45) is 1.55. The van der Waals surface area contributed by atoms with E-state index in [2.05, 4.69) is 31.5 Å². The van der Waals surface area contributed by atoms with E-state index in [1.165, 1.54) is 0 Å². The van der Waals surface area contributed by atoms with E-state index < -0.39 is 0 Å². The topological polar surface area (TPSA) is 54.0 Å². The minimum Gasteiger partial charge on any atom is -0.387 e. The number of rotatable bonds is 3. The van der Waals surface area contributed by atoms with Gasteiger partial charge in [0.15, 0.2) is 0 Å². The zero-order valence-electron chi connectivity index (χ0n) is 11.0. The van der Waals surface area contributed by atoms with Gasteiger partial charge in [0.05, 0.1) is 16.3 Å². The maximum Gasteiger partial charge on any atom is 0.259 e. The average molecular weight is 355 g/mol. The number of nitrogens with one attached hydrogen (secondary N) is 2. The smallest absolute Gasteiger partial charge is 0.259 e. The second-order valence-electron chi connectivity index (χ2n) is 4.20. The van der Waals surface area contributed by atoms with E-state index in [1.807, 2.05) is 13.0 Å². The molecule has 1 heterocycles. The average Bonchev–Trinajstić information content (AvgIpc) is 2.42. The standard InChI is InChI=1S/C14H13BrClN3O/c1-8-5-13(17-2)10(7-18-8)14(20)19-9-3-4-11(15)12(16)6-9/h3-7H,1-2H3,(H,17,18)(H,19,20). The Balaban J connectivity index is 2.25. The van der Waals surface area contributed by atoms with Gasteiger partial charge < -0.3 is 10.6 Å². The molecule has 6 heteroatoms. The number of carbonyl (C=O) groups is 1. The third-order valence-electron chi connectivity index (χ3n) is 2.73. The number of pyridine rings is 1. The van der Waals surface area contributed by atoms with Crippen molar-refractivity contribution in [3.8, 4) is 0 Å². The highest BCUT2D eigenvalue weighted by Crippen LogP contribution is 2.26. The van der Waals surface area contributed by atoms with E-state index in [-0.39, 0.29) is 5.91 Å². The van der Waals surface area contributed by atoms with Crippen molar-refractivity contribution < 1.29 is 4.79 Å². The second kappa shape index (κ2) is 6.24. The third kappa shape index (κ3) is 3.29. The van der Waals surface area contributed by atoms with Gasteiger partial charge in [0.1, 0.15) is 0 Å². The van der Waals surface area contributed by atoms with E-state index in [0.717, 1.165) is 15.9 Å². The fourth-order valence-electron chi connectivity index (χ4n) is 1.72. The molecule has 0 aliphatic carbocycles. The molecule has 0 unspecified atom stereocenters. The van der Waals surface area contributed by atoms with Gasteiger partial charge in [0, 0.05) is 29.1 Å². The Morgan fingerprint density at radius 3 is 2.75 bits per heavy atom. The van der Waals surface area contributed by atoms with Crippen molar-refractivity contribution in [1.29, 1.82) is 0 Å². The first-order valence-corrected chi connectivity index (χ1v) is 7.09. The largest absolute Gasteiger partial charge is 0.387 e. The molecule has 0 aliphatic heterocycles. The lowest BCUT2D eigenvalue weighted by Gasteiger charge is -2.10. The van der Waals surface area contributed by atoms with Crippen molar-refractivity contribution in [2.75, 3.05) is 17.7 Å². The summed E-state index contributed by atoms with van der Waals surface area (Å²) >= 11 is 9.31. The molecule has 0 fully saturated rings. The first-order valence-electron chi connectivity index (χ1n) is 5.92. The van der Waals surface area contributed by atoms with E-state index in [1.54, 1.807) is 31.4 Å². The number of hydrogen-bond acceptors (Lipinski definition) is 3. The minimum atomic E-state index is -0.236. The Labute approximate surface area is 130 Å². The number of anilines is 2. The van der Waals surface area contributed by atoms with Crippen LogP contribution in [0.2, 0.25) is 5.02 Å². The number of amides is 1. The van der Waals surface area contributed by atoms with Gasteiger partial charge in [-0.25, -0.2) is 0 Å². The lowest BCUT2D eigenvalue weighted by Crippen LogP contribution is -2.14. The first kappa shape index (κ1) is 14.8. The van der Waals surface area contributed by atoms with Crippen LogP contribution in [0.1, 0.15) is 16.1 Å². The molecular formula is C14H13BrClN3O. The summed E-state index contributed by atoms with van der Waals surface area (Å²) in [5.74, 6) is -0.236. The Kier molecular flexibility index (Phi) is 4.62. The number of hydrogen-bond donors (Lipinski definition) is 2. The predicted molar refractivity (Wildman–Crippen MR) is 85.6 cm³/mol. The van der Waals surface area contributed by atoms with Crippen LogP contribution in [0.5, 0.6) is 0 Å². The Morgan fingerprint density at radius 1 is 1.35 bits per heavy atom. The van der Waals surface area contributed by atoms with Crippen molar-refractivity contribution in [2.24, 2.45) is 0 Å². The van der Waals surface area contributed by atoms with Crippen LogP contribution in [0.4, 0.5) is 11.4 Å². The van der Waals surface area contributed by atoms with Gasteiger partial charge in [-0.1, -0.05) is 11.6 Å². The zero-order valence-corrected chi connectivity index (χ0v) is 13.3. The van der Waals surface area contributed by atoms with Gasteiger partial charge in [-0.15, -0.1) is 0 Å². The van der Waals surface area contributed by atoms with Crippen LogP contribution in [0, 0.1) is 6.92 Å². The van der Waals surface area contributed by atoms with Gasteiger partial charge in [0.2, 0.25) is 0 Å². The molecule has 20 heavy (non-hydrogen) atoms. The molecule has 0 radical (unpaired) electrons. The van der Waals surface area contributed by atoms with Crippen LogP contribution in [-0.2, 0) is 0 Å². The summed E-state index contributed by atoms with van der Waals surface area (Å²) in [7, 11) is 1.77. The van der Waals surface area contributed by atoms with Crippen LogP contribution in [0.3, 0.4) is 0 Å². The molecule has 1 aromatic carbocycles. The van der Waals surface area contributed by atoms with Crippen molar-refractivity contribution in [2.45, 2.75) is 6.92 Å². The van der Waals surface area contributed by atoms with Crippen molar-refractivity contribution in [3.05, 3.63) is 51.2 Å². The maximum atomic E-state index is 12.3. The van der Waals surface area contributed by atoms with Crippen LogP contribution >= 0.6 is 27.5 Å². The third-order valence-corrected chi connectivity index (χ3v) is 3.96. The van der Waals surface area contributed by atoms with Gasteiger partial charge >= 0.3 is 0 Å². The molecular weight excluding hydrogens is 342 g/mol. The maximum absolute atomic E-state index is 12.3. The summed E-state index contributed by atoms with van der Waals surface area (Å²) in [4.78, 5) is 16.4. The molecule has 0 saturated carbocycles. The summed E-state index contributed by atoms with van der Waals surface area (Å²) in [6.45, 7) is 1.87. The molecule has 104 valence electrons. The lowest BCUT2D eigenvalue weighted by atomic mass is 10.2. The molecule has 1 amide bonds. The Bertz CT molecular complexity index is 661. The fraction of sp³-hybridized carbons (Fsp3) is 0.143. The zero-order chi connectivity index (χ0) is 14.7. The molecule has 1 aromatic heterocycles. The summed E-state index contributed by atoms with van der Waals surface area (Å²) in [6, 6.07) is 7.06. The number of carbonyl (C=O) groups excluding carboxylic acids is 1. The highest BCUT2D eigenvalue weighted by Gasteiger charge is 2.12. The summed E-state index contributed by atoms with van der Waals surface area (Å²) in [5, 5.41) is 6.33. The SMILES string of the molecule is CNc1cc(C)ncc1C(=O)Nc1ccc(Br)c(Cl)c1. The quantitative estimate of drug-likeness (QED) is 0.872. The molecule has 0 atom stereocenters.